The molecule has 3 aromatic rings. The molecule has 0 bridgehead atoms. The summed E-state index contributed by atoms with van der Waals surface area (Å²) in [5, 5.41) is 4.20. The van der Waals surface area contributed by atoms with Gasteiger partial charge in [-0.3, -0.25) is 4.79 Å². The van der Waals surface area contributed by atoms with E-state index in [-0.39, 0.29) is 5.97 Å². The molecule has 0 N–H and O–H groups in total. The maximum Gasteiger partial charge on any atom is 0.311 e. The molecule has 0 saturated heterocycles. The minimum absolute atomic E-state index is 0.128. The molecule has 2 heteroatoms. The van der Waals surface area contributed by atoms with Crippen molar-refractivity contribution in [3.8, 4) is 5.75 Å². The molecule has 0 saturated carbocycles. The highest BCUT2D eigenvalue weighted by Gasteiger charge is 2.12. The van der Waals surface area contributed by atoms with Crippen molar-refractivity contribution in [1.29, 1.82) is 0 Å². The average molecular weight is 334 g/mol. The predicted octanol–water partition coefficient (Wildman–Crippen LogP) is 6.65. The van der Waals surface area contributed by atoms with Crippen molar-refractivity contribution in [3.05, 3.63) is 54.6 Å². The number of ether oxygens (including phenoxy) is 1. The Labute approximate surface area is 149 Å². The van der Waals surface area contributed by atoms with Gasteiger partial charge in [-0.15, -0.1) is 0 Å². The fourth-order valence-corrected chi connectivity index (χ4v) is 3.30. The number of hydrogen-bond acceptors (Lipinski definition) is 2. The maximum absolute atomic E-state index is 12.4. The van der Waals surface area contributed by atoms with E-state index in [2.05, 4.69) is 25.1 Å². The molecule has 0 spiro atoms. The summed E-state index contributed by atoms with van der Waals surface area (Å²) in [5.41, 5.74) is 0. The Morgan fingerprint density at radius 3 is 2.00 bits per heavy atom. The minimum Gasteiger partial charge on any atom is -0.425 e. The minimum atomic E-state index is -0.128. The summed E-state index contributed by atoms with van der Waals surface area (Å²) < 4.78 is 5.83. The van der Waals surface area contributed by atoms with Gasteiger partial charge >= 0.3 is 5.97 Å². The molecule has 0 aliphatic rings. The number of hydrogen-bond donors (Lipinski definition) is 0. The van der Waals surface area contributed by atoms with Crippen molar-refractivity contribution in [2.45, 2.75) is 51.9 Å². The maximum atomic E-state index is 12.4. The fraction of sp³-hybridized carbons (Fsp3) is 0.348. The Morgan fingerprint density at radius 1 is 0.800 bits per heavy atom. The van der Waals surface area contributed by atoms with Crippen LogP contribution in [0.4, 0.5) is 0 Å². The topological polar surface area (TPSA) is 26.3 Å². The highest BCUT2D eigenvalue weighted by Crippen LogP contribution is 2.35. The van der Waals surface area contributed by atoms with Crippen molar-refractivity contribution in [3.63, 3.8) is 0 Å². The van der Waals surface area contributed by atoms with E-state index < -0.39 is 0 Å². The summed E-state index contributed by atoms with van der Waals surface area (Å²) in [5.74, 6) is 0.571. The lowest BCUT2D eigenvalue weighted by Gasteiger charge is -2.12. The Bertz CT molecular complexity index is 797. The molecule has 0 amide bonds. The number of benzene rings is 3. The van der Waals surface area contributed by atoms with Crippen molar-refractivity contribution in [1.82, 2.24) is 0 Å². The van der Waals surface area contributed by atoms with Gasteiger partial charge < -0.3 is 4.74 Å². The lowest BCUT2D eigenvalue weighted by atomic mass is 10.0. The molecule has 0 atom stereocenters. The van der Waals surface area contributed by atoms with Gasteiger partial charge in [0.2, 0.25) is 0 Å². The van der Waals surface area contributed by atoms with Gasteiger partial charge in [0.1, 0.15) is 5.75 Å². The molecule has 0 aromatic heterocycles. The van der Waals surface area contributed by atoms with E-state index in [0.29, 0.717) is 12.2 Å². The number of rotatable bonds is 8. The summed E-state index contributed by atoms with van der Waals surface area (Å²) in [6.45, 7) is 2.21. The second-order valence-corrected chi connectivity index (χ2v) is 6.64. The zero-order valence-electron chi connectivity index (χ0n) is 15.0. The largest absolute Gasteiger partial charge is 0.425 e. The van der Waals surface area contributed by atoms with E-state index in [1.807, 2.05) is 36.4 Å². The van der Waals surface area contributed by atoms with Crippen LogP contribution in [0.2, 0.25) is 0 Å². The lowest BCUT2D eigenvalue weighted by molar-refractivity contribution is -0.134. The van der Waals surface area contributed by atoms with Crippen molar-refractivity contribution in [2.24, 2.45) is 0 Å². The molecule has 0 unspecified atom stereocenters. The van der Waals surface area contributed by atoms with Crippen LogP contribution in [0.15, 0.2) is 54.6 Å². The summed E-state index contributed by atoms with van der Waals surface area (Å²) in [4.78, 5) is 12.4. The zero-order valence-corrected chi connectivity index (χ0v) is 15.0. The molecule has 0 aliphatic carbocycles. The van der Waals surface area contributed by atoms with Crippen LogP contribution in [0.3, 0.4) is 0 Å². The normalized spacial score (nSPS) is 11.1. The molecule has 25 heavy (non-hydrogen) atoms. The Hall–Kier alpha value is -2.35. The number of esters is 1. The quantitative estimate of drug-likeness (QED) is 0.199. The van der Waals surface area contributed by atoms with Gasteiger partial charge in [0.15, 0.2) is 0 Å². The Kier molecular flexibility index (Phi) is 6.05. The van der Waals surface area contributed by atoms with Crippen LogP contribution < -0.4 is 4.74 Å². The van der Waals surface area contributed by atoms with Crippen molar-refractivity contribution >= 4 is 27.5 Å². The standard InChI is InChI=1S/C23H26O2/c1-2-3-4-5-6-7-16-22(24)25-23-20-14-10-8-12-18(20)17-19-13-9-11-15-21(19)23/h8-15,17H,2-7,16H2,1H3. The molecule has 2 nitrogen and oxygen atoms in total. The van der Waals surface area contributed by atoms with Crippen LogP contribution in [0.1, 0.15) is 51.9 Å². The SMILES string of the molecule is CCCCCCCCC(=O)Oc1c2ccccc2cc2ccccc12. The highest BCUT2D eigenvalue weighted by atomic mass is 16.5. The fourth-order valence-electron chi connectivity index (χ4n) is 3.30. The molecule has 130 valence electrons. The average Bonchev–Trinajstić information content (AvgIpc) is 2.64. The van der Waals surface area contributed by atoms with Gasteiger partial charge in [0, 0.05) is 17.2 Å². The zero-order chi connectivity index (χ0) is 17.5. The summed E-state index contributed by atoms with van der Waals surface area (Å²) >= 11 is 0. The van der Waals surface area contributed by atoms with Gasteiger partial charge in [0.05, 0.1) is 0 Å². The highest BCUT2D eigenvalue weighted by molar-refractivity contribution is 6.06. The first kappa shape index (κ1) is 17.5. The Balaban J connectivity index is 1.74. The first-order valence-electron chi connectivity index (χ1n) is 9.41. The van der Waals surface area contributed by atoms with Gasteiger partial charge in [-0.05, 0) is 23.3 Å². The van der Waals surface area contributed by atoms with Crippen LogP contribution in [-0.2, 0) is 4.79 Å². The molecule has 3 rings (SSSR count). The van der Waals surface area contributed by atoms with E-state index in [1.165, 1.54) is 25.7 Å². The van der Waals surface area contributed by atoms with Crippen LogP contribution in [0, 0.1) is 0 Å². The number of carbonyl (C=O) groups excluding carboxylic acids is 1. The second kappa shape index (κ2) is 8.66. The molecule has 0 aliphatic heterocycles. The van der Waals surface area contributed by atoms with Gasteiger partial charge in [-0.2, -0.15) is 0 Å². The van der Waals surface area contributed by atoms with Crippen LogP contribution in [-0.4, -0.2) is 5.97 Å². The lowest BCUT2D eigenvalue weighted by Crippen LogP contribution is -2.08. The van der Waals surface area contributed by atoms with E-state index in [4.69, 9.17) is 4.74 Å². The van der Waals surface area contributed by atoms with E-state index in [0.717, 1.165) is 34.4 Å². The van der Waals surface area contributed by atoms with E-state index >= 15 is 0 Å². The summed E-state index contributed by atoms with van der Waals surface area (Å²) in [6.07, 6.45) is 7.50. The van der Waals surface area contributed by atoms with E-state index in [9.17, 15) is 4.79 Å². The molecule has 3 aromatic carbocycles. The molecular weight excluding hydrogens is 308 g/mol. The van der Waals surface area contributed by atoms with Crippen LogP contribution in [0.25, 0.3) is 21.5 Å². The van der Waals surface area contributed by atoms with Crippen LogP contribution >= 0.6 is 0 Å². The van der Waals surface area contributed by atoms with Crippen LogP contribution in [0.5, 0.6) is 5.75 Å². The molecule has 0 radical (unpaired) electrons. The van der Waals surface area contributed by atoms with E-state index in [1.54, 1.807) is 0 Å². The smallest absolute Gasteiger partial charge is 0.311 e. The monoisotopic (exact) mass is 334 g/mol. The number of carbonyl (C=O) groups is 1. The molecule has 0 heterocycles. The Morgan fingerprint density at radius 2 is 1.36 bits per heavy atom. The molecule has 0 fully saturated rings. The first-order chi connectivity index (χ1) is 12.3. The van der Waals surface area contributed by atoms with Gasteiger partial charge in [-0.1, -0.05) is 87.6 Å². The first-order valence-corrected chi connectivity index (χ1v) is 9.41. The third-order valence-electron chi connectivity index (χ3n) is 4.67. The summed E-state index contributed by atoms with van der Waals surface area (Å²) in [7, 11) is 0. The van der Waals surface area contributed by atoms with Gasteiger partial charge in [-0.25, -0.2) is 0 Å². The van der Waals surface area contributed by atoms with Crippen molar-refractivity contribution < 1.29 is 9.53 Å². The molecular formula is C23H26O2. The number of unbranched alkanes of at least 4 members (excludes halogenated alkanes) is 5. The second-order valence-electron chi connectivity index (χ2n) is 6.64. The third-order valence-corrected chi connectivity index (χ3v) is 4.67. The predicted molar refractivity (Wildman–Crippen MR) is 105 cm³/mol. The van der Waals surface area contributed by atoms with Gasteiger partial charge in [0.25, 0.3) is 0 Å². The summed E-state index contributed by atoms with van der Waals surface area (Å²) in [6, 6.07) is 18.3. The van der Waals surface area contributed by atoms with Crippen molar-refractivity contribution in [2.75, 3.05) is 0 Å². The number of fused-ring (bicyclic) bond motifs is 2. The third kappa shape index (κ3) is 4.39.